The van der Waals surface area contributed by atoms with Crippen LogP contribution in [0.3, 0.4) is 0 Å². The largest absolute Gasteiger partial charge is 0.317 e. The van der Waals surface area contributed by atoms with Crippen molar-refractivity contribution in [2.75, 3.05) is 7.05 Å². The number of rotatable bonds is 5. The maximum atomic E-state index is 14.4. The van der Waals surface area contributed by atoms with Gasteiger partial charge in [-0.25, -0.2) is 5.48 Å². The number of aromatic nitrogens is 2. The number of nitrogens with one attached hydrogen (secondary N) is 1. The molecule has 6 rings (SSSR count). The van der Waals surface area contributed by atoms with E-state index < -0.39 is 10.8 Å². The zero-order chi connectivity index (χ0) is 31.0. The second-order valence-corrected chi connectivity index (χ2v) is 11.2. The average molecular weight is 563 g/mol. The van der Waals surface area contributed by atoms with E-state index in [0.29, 0.717) is 12.8 Å². The summed E-state index contributed by atoms with van der Waals surface area (Å²) in [5.41, 5.74) is 7.46. The highest BCUT2D eigenvalue weighted by atomic mass is 16.5. The van der Waals surface area contributed by atoms with Crippen molar-refractivity contribution in [3.05, 3.63) is 125 Å². The Hall–Kier alpha value is -4.31. The van der Waals surface area contributed by atoms with Crippen LogP contribution in [0.2, 0.25) is 0 Å². The van der Waals surface area contributed by atoms with Crippen LogP contribution in [0, 0.1) is 22.7 Å². The zero-order valence-corrected chi connectivity index (χ0v) is 24.8. The molecular weight excluding hydrogens is 520 g/mol. The van der Waals surface area contributed by atoms with E-state index in [0.717, 1.165) is 40.9 Å². The molecular formula is C36H40N4O2. The highest BCUT2D eigenvalue weighted by molar-refractivity contribution is 6.05. The van der Waals surface area contributed by atoms with E-state index in [9.17, 15) is 10.1 Å². The number of carbonyl (C=O) groups is 1. The molecule has 0 radical (unpaired) electrons. The normalized spacial score (nSPS) is 20.2. The van der Waals surface area contributed by atoms with Gasteiger partial charge in [-0.3, -0.25) is 9.48 Å². The fraction of sp³-hybridized carbons (Fsp3) is 0.306. The average Bonchev–Trinajstić information content (AvgIpc) is 3.39. The molecule has 42 heavy (non-hydrogen) atoms. The molecule has 3 aromatic carbocycles. The Morgan fingerprint density at radius 2 is 1.52 bits per heavy atom. The van der Waals surface area contributed by atoms with Gasteiger partial charge in [0.2, 0.25) is 0 Å². The predicted octanol–water partition coefficient (Wildman–Crippen LogP) is 6.64. The van der Waals surface area contributed by atoms with Crippen LogP contribution in [0.4, 0.5) is 0 Å². The molecule has 0 bridgehead atoms. The van der Waals surface area contributed by atoms with E-state index in [1.54, 1.807) is 5.48 Å². The number of Topliss-reactive ketones (excluding diaryl/α,β-unsaturated/α-hetero) is 1. The summed E-state index contributed by atoms with van der Waals surface area (Å²) in [6, 6.07) is 33.2. The van der Waals surface area contributed by atoms with Crippen LogP contribution in [0.25, 0.3) is 11.3 Å². The van der Waals surface area contributed by atoms with Gasteiger partial charge in [-0.1, -0.05) is 111 Å². The van der Waals surface area contributed by atoms with Crippen molar-refractivity contribution in [1.29, 1.82) is 5.26 Å². The number of hydrogen-bond acceptors (Lipinski definition) is 5. The number of ketones is 1. The van der Waals surface area contributed by atoms with Gasteiger partial charge in [0.1, 0.15) is 6.07 Å². The molecule has 0 saturated heterocycles. The molecule has 2 N–H and O–H groups in total. The minimum Gasteiger partial charge on any atom is -0.317 e. The number of hydroxylamine groups is 1. The summed E-state index contributed by atoms with van der Waals surface area (Å²) in [6.45, 7) is 2.20. The van der Waals surface area contributed by atoms with E-state index in [1.165, 1.54) is 20.0 Å². The summed E-state index contributed by atoms with van der Waals surface area (Å²) in [5.74, 6) is -0.0242. The first-order chi connectivity index (χ1) is 20.9. The van der Waals surface area contributed by atoms with E-state index in [1.807, 2.05) is 60.3 Å². The Kier molecular flexibility index (Phi) is 8.82. The SMILES string of the molecule is CNO.Cn1nc2c(c1-c1ccccc1)CC[C@H]1C(Cc3ccccc3)(Cc3ccccc3)C(=O)C(C#N)=C[C@]21C.[3H]C. The monoisotopic (exact) mass is 562 g/mol. The van der Waals surface area contributed by atoms with Crippen molar-refractivity contribution >= 4 is 5.78 Å². The Bertz CT molecular complexity index is 1550. The van der Waals surface area contributed by atoms with Gasteiger partial charge < -0.3 is 5.21 Å². The molecule has 0 fully saturated rings. The maximum absolute atomic E-state index is 14.4. The summed E-state index contributed by atoms with van der Waals surface area (Å²) in [5, 5.41) is 22.7. The lowest BCUT2D eigenvalue weighted by Crippen LogP contribution is -2.56. The highest BCUT2D eigenvalue weighted by Gasteiger charge is 2.59. The van der Waals surface area contributed by atoms with Gasteiger partial charge in [-0.05, 0) is 42.7 Å². The number of nitriles is 1. The van der Waals surface area contributed by atoms with E-state index >= 15 is 0 Å². The van der Waals surface area contributed by atoms with Crippen LogP contribution in [0.1, 0.15) is 44.5 Å². The molecule has 6 nitrogen and oxygen atoms in total. The van der Waals surface area contributed by atoms with E-state index in [4.69, 9.17) is 11.7 Å². The van der Waals surface area contributed by atoms with Crippen LogP contribution >= 0.6 is 0 Å². The van der Waals surface area contributed by atoms with Crippen molar-refractivity contribution < 1.29 is 11.4 Å². The van der Waals surface area contributed by atoms with Crippen LogP contribution in [0.15, 0.2) is 103 Å². The second-order valence-electron chi connectivity index (χ2n) is 11.2. The number of benzene rings is 3. The number of nitrogens with zero attached hydrogens (tertiary/aromatic N) is 3. The van der Waals surface area contributed by atoms with Gasteiger partial charge in [-0.2, -0.15) is 10.4 Å². The van der Waals surface area contributed by atoms with Gasteiger partial charge in [0, 0.05) is 37.4 Å². The Labute approximate surface area is 250 Å². The summed E-state index contributed by atoms with van der Waals surface area (Å²) in [4.78, 5) is 14.4. The smallest absolute Gasteiger partial charge is 0.180 e. The summed E-state index contributed by atoms with van der Waals surface area (Å²) in [6.07, 6.45) is 4.83. The molecule has 1 heterocycles. The lowest BCUT2D eigenvalue weighted by Gasteiger charge is -2.52. The van der Waals surface area contributed by atoms with Crippen LogP contribution in [-0.2, 0) is 36.5 Å². The van der Waals surface area contributed by atoms with Gasteiger partial charge in [0.05, 0.1) is 17.0 Å². The van der Waals surface area contributed by atoms with Crippen molar-refractivity contribution in [2.45, 2.75) is 45.4 Å². The van der Waals surface area contributed by atoms with Crippen molar-refractivity contribution in [1.82, 2.24) is 15.3 Å². The number of fused-ring (bicyclic) bond motifs is 3. The summed E-state index contributed by atoms with van der Waals surface area (Å²) in [7, 11) is 4.68. The maximum Gasteiger partial charge on any atom is 0.180 e. The van der Waals surface area contributed by atoms with Gasteiger partial charge in [-0.15, -0.1) is 0 Å². The molecule has 216 valence electrons. The standard InChI is InChI=1S/C34H31N3O.CH5NO.CH4/c1-33-22-27(23-35)32(38)34(20-24-12-6-3-7-13-24,21-25-14-8-4-9-15-25)29(33)19-18-28-30(37(2)36-31(28)33)26-16-10-5-11-17-26;1-2-3;/h3-17,22,29H,18-21H2,1-2H3;2-3H,1H3;1H4/t29-,33+;;/m1../s1/i;;1T. The third-order valence-corrected chi connectivity index (χ3v) is 8.76. The molecule has 4 aromatic rings. The molecule has 2 aliphatic carbocycles. The fourth-order valence-electron chi connectivity index (χ4n) is 7.23. The Balaban J connectivity index is 0.000000798. The molecule has 6 heteroatoms. The number of allylic oxidation sites excluding steroid dienone is 2. The number of hydrogen-bond donors (Lipinski definition) is 2. The first-order valence-electron chi connectivity index (χ1n) is 15.1. The molecule has 0 amide bonds. The van der Waals surface area contributed by atoms with Crippen LogP contribution in [-0.4, -0.2) is 27.8 Å². The van der Waals surface area contributed by atoms with Gasteiger partial charge >= 0.3 is 0 Å². The lowest BCUT2D eigenvalue weighted by atomic mass is 9.48. The third-order valence-electron chi connectivity index (χ3n) is 8.76. The highest BCUT2D eigenvalue weighted by Crippen LogP contribution is 2.57. The molecule has 0 aliphatic heterocycles. The van der Waals surface area contributed by atoms with E-state index in [-0.39, 0.29) is 17.3 Å². The summed E-state index contributed by atoms with van der Waals surface area (Å²) < 4.78 is 7.74. The molecule has 0 saturated carbocycles. The molecule has 1 aromatic heterocycles. The van der Waals surface area contributed by atoms with Crippen LogP contribution < -0.4 is 5.48 Å². The van der Waals surface area contributed by atoms with Crippen molar-refractivity contribution in [2.24, 2.45) is 18.4 Å². The van der Waals surface area contributed by atoms with Gasteiger partial charge in [0.25, 0.3) is 0 Å². The molecule has 0 spiro atoms. The quantitative estimate of drug-likeness (QED) is 0.266. The van der Waals surface area contributed by atoms with Crippen LogP contribution in [0.5, 0.6) is 0 Å². The lowest BCUT2D eigenvalue weighted by molar-refractivity contribution is -0.131. The molecule has 0 unspecified atom stereocenters. The summed E-state index contributed by atoms with van der Waals surface area (Å²) >= 11 is 0. The topological polar surface area (TPSA) is 90.9 Å². The predicted molar refractivity (Wildman–Crippen MR) is 167 cm³/mol. The second kappa shape index (κ2) is 12.7. The zero-order valence-electron chi connectivity index (χ0n) is 25.8. The number of carbonyl (C=O) groups excluding carboxylic acids is 1. The van der Waals surface area contributed by atoms with Crippen molar-refractivity contribution in [3.63, 3.8) is 0 Å². The first-order valence-corrected chi connectivity index (χ1v) is 14.1. The van der Waals surface area contributed by atoms with Gasteiger partial charge in [0.15, 0.2) is 5.78 Å². The van der Waals surface area contributed by atoms with Crippen molar-refractivity contribution in [3.8, 4) is 17.3 Å². The fourth-order valence-corrected chi connectivity index (χ4v) is 7.23. The van der Waals surface area contributed by atoms with E-state index in [2.05, 4.69) is 61.5 Å². The molecule has 2 aliphatic rings. The number of aryl methyl sites for hydroxylation is 1. The molecule has 2 atom stereocenters. The minimum atomic E-state index is -0.751. The Morgan fingerprint density at radius 3 is 2.02 bits per heavy atom. The first kappa shape index (κ1) is 29.2. The minimum absolute atomic E-state index is 0.00559. The Morgan fingerprint density at radius 1 is 1.02 bits per heavy atom. The third kappa shape index (κ3) is 5.34.